The Kier molecular flexibility index (Phi) is 4.10. The van der Waals surface area contributed by atoms with Gasteiger partial charge in [-0.05, 0) is 20.3 Å². The first-order valence-corrected chi connectivity index (χ1v) is 8.93. The summed E-state index contributed by atoms with van der Waals surface area (Å²) in [5, 5.41) is 8.65. The molecule has 136 valence electrons. The van der Waals surface area contributed by atoms with Gasteiger partial charge in [0, 0.05) is 56.5 Å². The lowest BCUT2D eigenvalue weighted by Crippen LogP contribution is -2.36. The number of imidazole rings is 1. The molecule has 1 amide bonds. The van der Waals surface area contributed by atoms with Crippen molar-refractivity contribution < 1.29 is 4.79 Å². The van der Waals surface area contributed by atoms with Crippen LogP contribution in [0.1, 0.15) is 46.8 Å². The smallest absolute Gasteiger partial charge is 0.258 e. The fourth-order valence-electron chi connectivity index (χ4n) is 3.70. The van der Waals surface area contributed by atoms with E-state index in [9.17, 15) is 4.79 Å². The average molecular weight is 353 g/mol. The zero-order valence-corrected chi connectivity index (χ0v) is 15.3. The van der Waals surface area contributed by atoms with Crippen LogP contribution in [0.3, 0.4) is 0 Å². The lowest BCUT2D eigenvalue weighted by Gasteiger charge is -2.28. The molecule has 3 aromatic rings. The molecule has 1 aliphatic rings. The Labute approximate surface area is 152 Å². The standard InChI is InChI=1S/C18H23N7O/c1-4-25-13(2)15(11-21-25)18(26)24-8-5-7-23-9-6-19-17(23)16(24)14-10-20-22(3)12-14/h6,9-12,16H,4-5,7-8H2,1-3H3. The van der Waals surface area contributed by atoms with Gasteiger partial charge in [-0.15, -0.1) is 0 Å². The van der Waals surface area contributed by atoms with Crippen LogP contribution in [0.5, 0.6) is 0 Å². The molecule has 1 aliphatic heterocycles. The molecular weight excluding hydrogens is 330 g/mol. The van der Waals surface area contributed by atoms with Gasteiger partial charge in [0.05, 0.1) is 18.0 Å². The summed E-state index contributed by atoms with van der Waals surface area (Å²) in [6.07, 6.45) is 10.1. The first-order chi connectivity index (χ1) is 12.6. The fraction of sp³-hybridized carbons (Fsp3) is 0.444. The van der Waals surface area contributed by atoms with Crippen LogP contribution in [0.2, 0.25) is 0 Å². The van der Waals surface area contributed by atoms with Crippen molar-refractivity contribution in [1.82, 2.24) is 34.0 Å². The quantitative estimate of drug-likeness (QED) is 0.719. The van der Waals surface area contributed by atoms with Crippen LogP contribution in [-0.4, -0.2) is 46.5 Å². The van der Waals surface area contributed by atoms with E-state index < -0.39 is 0 Å². The molecule has 8 nitrogen and oxygen atoms in total. The van der Waals surface area contributed by atoms with Gasteiger partial charge in [0.15, 0.2) is 0 Å². The lowest BCUT2D eigenvalue weighted by molar-refractivity contribution is 0.0706. The van der Waals surface area contributed by atoms with E-state index in [1.165, 1.54) is 0 Å². The largest absolute Gasteiger partial charge is 0.333 e. The van der Waals surface area contributed by atoms with Crippen LogP contribution in [0.4, 0.5) is 0 Å². The van der Waals surface area contributed by atoms with Crippen molar-refractivity contribution in [3.63, 3.8) is 0 Å². The van der Waals surface area contributed by atoms with Crippen LogP contribution in [-0.2, 0) is 20.1 Å². The average Bonchev–Trinajstić information content (AvgIpc) is 3.32. The molecule has 0 bridgehead atoms. The minimum atomic E-state index is -0.252. The van der Waals surface area contributed by atoms with E-state index in [0.29, 0.717) is 12.1 Å². The topological polar surface area (TPSA) is 73.8 Å². The number of nitrogens with zero attached hydrogens (tertiary/aromatic N) is 7. The number of amides is 1. The van der Waals surface area contributed by atoms with E-state index in [-0.39, 0.29) is 11.9 Å². The van der Waals surface area contributed by atoms with Crippen LogP contribution >= 0.6 is 0 Å². The number of carbonyl (C=O) groups is 1. The van der Waals surface area contributed by atoms with Gasteiger partial charge in [-0.1, -0.05) is 0 Å². The normalized spacial score (nSPS) is 17.2. The number of aromatic nitrogens is 6. The Morgan fingerprint density at radius 2 is 2.12 bits per heavy atom. The van der Waals surface area contributed by atoms with Gasteiger partial charge >= 0.3 is 0 Å². The van der Waals surface area contributed by atoms with Crippen molar-refractivity contribution >= 4 is 5.91 Å². The highest BCUT2D eigenvalue weighted by Gasteiger charge is 2.34. The highest BCUT2D eigenvalue weighted by atomic mass is 16.2. The van der Waals surface area contributed by atoms with Crippen molar-refractivity contribution in [3.05, 3.63) is 53.6 Å². The van der Waals surface area contributed by atoms with Gasteiger partial charge in [-0.3, -0.25) is 14.2 Å². The third kappa shape index (κ3) is 2.61. The maximum atomic E-state index is 13.4. The maximum Gasteiger partial charge on any atom is 0.258 e. The van der Waals surface area contributed by atoms with Gasteiger partial charge in [0.1, 0.15) is 11.9 Å². The van der Waals surface area contributed by atoms with Crippen LogP contribution in [0.15, 0.2) is 31.0 Å². The summed E-state index contributed by atoms with van der Waals surface area (Å²) in [4.78, 5) is 19.9. The molecule has 1 unspecified atom stereocenters. The summed E-state index contributed by atoms with van der Waals surface area (Å²) < 4.78 is 5.74. The second-order valence-corrected chi connectivity index (χ2v) is 6.64. The molecule has 0 fully saturated rings. The molecule has 1 atom stereocenters. The third-order valence-corrected chi connectivity index (χ3v) is 5.04. The molecule has 0 aliphatic carbocycles. The number of fused-ring (bicyclic) bond motifs is 1. The maximum absolute atomic E-state index is 13.4. The predicted octanol–water partition coefficient (Wildman–Crippen LogP) is 1.78. The summed E-state index contributed by atoms with van der Waals surface area (Å²) >= 11 is 0. The first-order valence-electron chi connectivity index (χ1n) is 8.93. The Hall–Kier alpha value is -2.90. The van der Waals surface area contributed by atoms with Crippen molar-refractivity contribution in [3.8, 4) is 0 Å². The first kappa shape index (κ1) is 16.6. The summed E-state index contributed by atoms with van der Waals surface area (Å²) in [6.45, 7) is 6.23. The molecule has 0 saturated heterocycles. The van der Waals surface area contributed by atoms with Gasteiger partial charge in [-0.2, -0.15) is 10.2 Å². The molecule has 0 spiro atoms. The van der Waals surface area contributed by atoms with E-state index in [0.717, 1.165) is 36.6 Å². The van der Waals surface area contributed by atoms with Crippen molar-refractivity contribution in [2.45, 2.75) is 39.4 Å². The monoisotopic (exact) mass is 353 g/mol. The SMILES string of the molecule is CCn1ncc(C(=O)N2CCCn3ccnc3C2c2cnn(C)c2)c1C. The minimum Gasteiger partial charge on any atom is -0.333 e. The number of hydrogen-bond donors (Lipinski definition) is 0. The molecule has 4 heterocycles. The zero-order valence-electron chi connectivity index (χ0n) is 15.3. The summed E-state index contributed by atoms with van der Waals surface area (Å²) in [7, 11) is 1.88. The number of aryl methyl sites for hydroxylation is 3. The van der Waals surface area contributed by atoms with Crippen molar-refractivity contribution in [2.75, 3.05) is 6.54 Å². The molecule has 0 aromatic carbocycles. The summed E-state index contributed by atoms with van der Waals surface area (Å²) in [6, 6.07) is -0.252. The van der Waals surface area contributed by atoms with Crippen LogP contribution in [0.25, 0.3) is 0 Å². The Morgan fingerprint density at radius 1 is 1.27 bits per heavy atom. The Morgan fingerprint density at radius 3 is 2.81 bits per heavy atom. The van der Waals surface area contributed by atoms with Crippen LogP contribution < -0.4 is 0 Å². The van der Waals surface area contributed by atoms with E-state index in [1.54, 1.807) is 17.1 Å². The van der Waals surface area contributed by atoms with Crippen molar-refractivity contribution in [1.29, 1.82) is 0 Å². The van der Waals surface area contributed by atoms with Gasteiger partial charge < -0.3 is 9.47 Å². The molecule has 0 N–H and O–H groups in total. The fourth-order valence-corrected chi connectivity index (χ4v) is 3.70. The number of hydrogen-bond acceptors (Lipinski definition) is 4. The molecule has 0 radical (unpaired) electrons. The Balaban J connectivity index is 1.79. The second kappa shape index (κ2) is 6.44. The minimum absolute atomic E-state index is 0.00694. The predicted molar refractivity (Wildman–Crippen MR) is 95.6 cm³/mol. The molecule has 0 saturated carbocycles. The van der Waals surface area contributed by atoms with Crippen LogP contribution in [0, 0.1) is 6.92 Å². The second-order valence-electron chi connectivity index (χ2n) is 6.64. The van der Waals surface area contributed by atoms with E-state index in [2.05, 4.69) is 19.7 Å². The van der Waals surface area contributed by atoms with E-state index >= 15 is 0 Å². The highest BCUT2D eigenvalue weighted by Crippen LogP contribution is 2.31. The number of rotatable bonds is 3. The van der Waals surface area contributed by atoms with E-state index in [4.69, 9.17) is 0 Å². The molecule has 8 heteroatoms. The molecule has 26 heavy (non-hydrogen) atoms. The molecular formula is C18H23N7O. The van der Waals surface area contributed by atoms with Gasteiger partial charge in [0.2, 0.25) is 0 Å². The van der Waals surface area contributed by atoms with Gasteiger partial charge in [-0.25, -0.2) is 4.98 Å². The number of carbonyl (C=O) groups excluding carboxylic acids is 1. The summed E-state index contributed by atoms with van der Waals surface area (Å²) in [5.74, 6) is 0.872. The lowest BCUT2D eigenvalue weighted by atomic mass is 10.1. The Bertz CT molecular complexity index is 935. The third-order valence-electron chi connectivity index (χ3n) is 5.04. The van der Waals surface area contributed by atoms with Gasteiger partial charge in [0.25, 0.3) is 5.91 Å². The zero-order chi connectivity index (χ0) is 18.3. The van der Waals surface area contributed by atoms with Crippen molar-refractivity contribution in [2.24, 2.45) is 7.05 Å². The highest BCUT2D eigenvalue weighted by molar-refractivity contribution is 5.95. The van der Waals surface area contributed by atoms with E-state index in [1.807, 2.05) is 49.1 Å². The molecule has 4 rings (SSSR count). The molecule has 3 aromatic heterocycles. The summed E-state index contributed by atoms with van der Waals surface area (Å²) in [5.41, 5.74) is 2.52.